The van der Waals surface area contributed by atoms with E-state index < -0.39 is 0 Å². The van der Waals surface area contributed by atoms with Crippen molar-refractivity contribution < 1.29 is 0 Å². The van der Waals surface area contributed by atoms with Gasteiger partial charge in [0.15, 0.2) is 0 Å². The molecule has 0 unspecified atom stereocenters. The van der Waals surface area contributed by atoms with Gasteiger partial charge in [-0.25, -0.2) is 0 Å². The van der Waals surface area contributed by atoms with E-state index >= 15 is 0 Å². The number of benzene rings is 1. The van der Waals surface area contributed by atoms with Crippen molar-refractivity contribution in [2.75, 3.05) is 0 Å². The van der Waals surface area contributed by atoms with Gasteiger partial charge in [-0.15, -0.1) is 0 Å². The molecule has 1 aromatic heterocycles. The second-order valence-electron chi connectivity index (χ2n) is 2.92. The van der Waals surface area contributed by atoms with Crippen LogP contribution >= 0.6 is 11.8 Å². The third kappa shape index (κ3) is 2.47. The van der Waals surface area contributed by atoms with Gasteiger partial charge >= 0.3 is 93.7 Å². The van der Waals surface area contributed by atoms with E-state index in [4.69, 9.17) is 0 Å². The van der Waals surface area contributed by atoms with Gasteiger partial charge in [0, 0.05) is 0 Å². The molecule has 0 saturated carbocycles. The van der Waals surface area contributed by atoms with Crippen molar-refractivity contribution in [3.8, 4) is 0 Å². The van der Waals surface area contributed by atoms with Crippen molar-refractivity contribution in [1.29, 1.82) is 0 Å². The van der Waals surface area contributed by atoms with Crippen LogP contribution in [0.2, 0.25) is 0 Å². The summed E-state index contributed by atoms with van der Waals surface area (Å²) in [6, 6.07) is 10.5. The summed E-state index contributed by atoms with van der Waals surface area (Å²) >= 11 is 2.10. The van der Waals surface area contributed by atoms with Gasteiger partial charge in [0.25, 0.3) is 0 Å². The second kappa shape index (κ2) is 4.78. The molecule has 0 saturated heterocycles. The molecule has 0 fully saturated rings. The average Bonchev–Trinajstić information content (AvgIpc) is 2.63. The molecule has 0 bridgehead atoms. The molecule has 0 spiro atoms. The van der Waals surface area contributed by atoms with Crippen LogP contribution in [0.1, 0.15) is 11.3 Å². The molecule has 0 aliphatic carbocycles. The van der Waals surface area contributed by atoms with Crippen LogP contribution in [0.15, 0.2) is 34.1 Å². The Morgan fingerprint density at radius 1 is 1.29 bits per heavy atom. The van der Waals surface area contributed by atoms with Gasteiger partial charge in [-0.3, -0.25) is 0 Å². The van der Waals surface area contributed by atoms with Crippen molar-refractivity contribution in [2.45, 2.75) is 16.4 Å². The molecular weight excluding hydrogens is 259 g/mol. The van der Waals surface area contributed by atoms with E-state index in [0.29, 0.717) is 0 Å². The Balaban J connectivity index is 1.99. The zero-order valence-corrected chi connectivity index (χ0v) is 10.3. The fourth-order valence-electron chi connectivity index (χ4n) is 1.08. The van der Waals surface area contributed by atoms with E-state index in [-0.39, 0.29) is 14.7 Å². The van der Waals surface area contributed by atoms with Crippen molar-refractivity contribution >= 4 is 26.5 Å². The van der Waals surface area contributed by atoms with Gasteiger partial charge in [0.1, 0.15) is 0 Å². The van der Waals surface area contributed by atoms with Crippen LogP contribution in [0, 0.1) is 6.92 Å². The third-order valence-corrected chi connectivity index (χ3v) is 5.30. The molecule has 0 N–H and O–H groups in total. The van der Waals surface area contributed by atoms with Crippen LogP contribution < -0.4 is 0 Å². The summed E-state index contributed by atoms with van der Waals surface area (Å²) < 4.78 is 5.41. The van der Waals surface area contributed by atoms with Gasteiger partial charge in [0.2, 0.25) is 0 Å². The molecule has 0 amide bonds. The summed E-state index contributed by atoms with van der Waals surface area (Å²) in [7, 11) is 0. The quantitative estimate of drug-likeness (QED) is 0.630. The van der Waals surface area contributed by atoms with Gasteiger partial charge in [-0.2, -0.15) is 0 Å². The molecule has 72 valence electrons. The normalized spacial score (nSPS) is 10.4. The Labute approximate surface area is 93.7 Å². The summed E-state index contributed by atoms with van der Waals surface area (Å²) in [5.41, 5.74) is 2.46. The Kier molecular flexibility index (Phi) is 3.40. The predicted molar refractivity (Wildman–Crippen MR) is 59.7 cm³/mol. The monoisotopic (exact) mass is 270 g/mol. The number of hydrogen-bond donors (Lipinski definition) is 0. The summed E-state index contributed by atoms with van der Waals surface area (Å²) in [5.74, 6) is 1.03. The first-order valence-electron chi connectivity index (χ1n) is 4.32. The van der Waals surface area contributed by atoms with E-state index in [1.165, 1.54) is 9.33 Å². The van der Waals surface area contributed by atoms with Crippen LogP contribution in [-0.2, 0) is 5.75 Å². The average molecular weight is 269 g/mol. The Bertz CT molecular complexity index is 400. The molecule has 2 nitrogen and oxygen atoms in total. The number of thioether (sulfide) groups is 1. The molecule has 0 atom stereocenters. The molecule has 0 aliphatic heterocycles. The molecule has 2 aromatic rings. The minimum absolute atomic E-state index is 0.240. The second-order valence-corrected chi connectivity index (χ2v) is 6.07. The Hall–Kier alpha value is -0.571. The SMILES string of the molecule is Cc1nn[se]c1SCc1ccccc1. The Morgan fingerprint density at radius 3 is 2.71 bits per heavy atom. The van der Waals surface area contributed by atoms with E-state index in [2.05, 4.69) is 33.5 Å². The zero-order chi connectivity index (χ0) is 9.80. The summed E-state index contributed by atoms with van der Waals surface area (Å²) in [4.78, 5) is 0. The fourth-order valence-corrected chi connectivity index (χ4v) is 3.61. The van der Waals surface area contributed by atoms with Crippen LogP contribution in [-0.4, -0.2) is 23.9 Å². The first-order chi connectivity index (χ1) is 6.86. The minimum atomic E-state index is 0.240. The molecule has 2 rings (SSSR count). The molecule has 1 aromatic carbocycles. The van der Waals surface area contributed by atoms with Gasteiger partial charge in [-0.1, -0.05) is 0 Å². The standard InChI is InChI=1S/C10H10N2SSe/c1-8-10(14-12-11-8)13-7-9-5-3-2-4-6-9/h2-6H,7H2,1H3. The molecule has 14 heavy (non-hydrogen) atoms. The maximum absolute atomic E-state index is 4.05. The van der Waals surface area contributed by atoms with Crippen LogP contribution in [0.3, 0.4) is 0 Å². The molecule has 1 heterocycles. The van der Waals surface area contributed by atoms with Crippen LogP contribution in [0.25, 0.3) is 0 Å². The number of aromatic nitrogens is 2. The van der Waals surface area contributed by atoms with Crippen molar-refractivity contribution in [3.05, 3.63) is 41.6 Å². The van der Waals surface area contributed by atoms with Gasteiger partial charge in [0.05, 0.1) is 0 Å². The number of nitrogens with zero attached hydrogens (tertiary/aromatic N) is 2. The van der Waals surface area contributed by atoms with E-state index in [9.17, 15) is 0 Å². The predicted octanol–water partition coefficient (Wildman–Crippen LogP) is 2.13. The summed E-state index contributed by atoms with van der Waals surface area (Å²) in [6.45, 7) is 2.03. The molecular formula is C10H10N2SSe. The topological polar surface area (TPSA) is 25.8 Å². The third-order valence-electron chi connectivity index (χ3n) is 1.82. The fraction of sp³-hybridized carbons (Fsp3) is 0.200. The molecule has 0 aliphatic rings. The molecule has 0 radical (unpaired) electrons. The first-order valence-corrected chi connectivity index (χ1v) is 6.93. The molecule has 4 heteroatoms. The zero-order valence-electron chi connectivity index (χ0n) is 7.80. The maximum atomic E-state index is 4.05. The van der Waals surface area contributed by atoms with Crippen molar-refractivity contribution in [1.82, 2.24) is 9.19 Å². The summed E-state index contributed by atoms with van der Waals surface area (Å²) in [5, 5.41) is 4.04. The van der Waals surface area contributed by atoms with E-state index in [1.807, 2.05) is 24.8 Å². The van der Waals surface area contributed by atoms with E-state index in [1.54, 1.807) is 0 Å². The number of aryl methyl sites for hydroxylation is 1. The number of hydrogen-bond acceptors (Lipinski definition) is 3. The van der Waals surface area contributed by atoms with Crippen LogP contribution in [0.5, 0.6) is 0 Å². The number of rotatable bonds is 3. The summed E-state index contributed by atoms with van der Waals surface area (Å²) in [6.07, 6.45) is 0. The van der Waals surface area contributed by atoms with Gasteiger partial charge < -0.3 is 0 Å². The van der Waals surface area contributed by atoms with Crippen molar-refractivity contribution in [3.63, 3.8) is 0 Å². The van der Waals surface area contributed by atoms with Crippen LogP contribution in [0.4, 0.5) is 0 Å². The van der Waals surface area contributed by atoms with Gasteiger partial charge in [-0.05, 0) is 0 Å². The first kappa shape index (κ1) is 9.96. The van der Waals surface area contributed by atoms with E-state index in [0.717, 1.165) is 11.4 Å². The Morgan fingerprint density at radius 2 is 2.07 bits per heavy atom. The van der Waals surface area contributed by atoms with Crippen molar-refractivity contribution in [2.24, 2.45) is 0 Å².